The van der Waals surface area contributed by atoms with Crippen molar-refractivity contribution in [3.05, 3.63) is 40.8 Å². The predicted molar refractivity (Wildman–Crippen MR) is 72.2 cm³/mol. The van der Waals surface area contributed by atoms with Crippen LogP contribution < -0.4 is 9.47 Å². The van der Waals surface area contributed by atoms with Crippen LogP contribution in [-0.2, 0) is 6.42 Å². The van der Waals surface area contributed by atoms with Gasteiger partial charge in [0.1, 0.15) is 0 Å². The zero-order valence-electron chi connectivity index (χ0n) is 10.3. The molecule has 0 amide bonds. The molecule has 94 valence electrons. The summed E-state index contributed by atoms with van der Waals surface area (Å²) in [7, 11) is 1.62. The van der Waals surface area contributed by atoms with Crippen LogP contribution in [0.25, 0.3) is 0 Å². The normalized spacial score (nSPS) is 10.1. The number of thiophene rings is 1. The van der Waals surface area contributed by atoms with Crippen molar-refractivity contribution >= 4 is 17.6 Å². The number of carbonyl (C=O) groups excluding carboxylic acids is 1. The van der Waals surface area contributed by atoms with Gasteiger partial charge in [-0.15, -0.1) is 0 Å². The summed E-state index contributed by atoms with van der Waals surface area (Å²) < 4.78 is 11.0. The van der Waals surface area contributed by atoms with E-state index in [1.54, 1.807) is 19.2 Å². The molecule has 0 fully saturated rings. The zero-order chi connectivity index (χ0) is 13.0. The minimum absolute atomic E-state index is 0.647. The third-order valence-electron chi connectivity index (χ3n) is 2.57. The van der Waals surface area contributed by atoms with E-state index in [-0.39, 0.29) is 0 Å². The van der Waals surface area contributed by atoms with Gasteiger partial charge in [-0.1, -0.05) is 24.3 Å². The predicted octanol–water partition coefficient (Wildman–Crippen LogP) is 3.92. The van der Waals surface area contributed by atoms with Gasteiger partial charge in [-0.2, -0.15) is 0 Å². The summed E-state index contributed by atoms with van der Waals surface area (Å²) in [4.78, 5) is 11.3. The Kier molecular flexibility index (Phi) is 3.99. The summed E-state index contributed by atoms with van der Waals surface area (Å²) in [6.45, 7) is 2.09. The van der Waals surface area contributed by atoms with Crippen LogP contribution in [0.2, 0.25) is 0 Å². The van der Waals surface area contributed by atoms with Gasteiger partial charge < -0.3 is 9.47 Å². The Hall–Kier alpha value is -1.81. The third kappa shape index (κ3) is 2.71. The number of hydrogen-bond donors (Lipinski definition) is 0. The molecule has 1 aromatic carbocycles. The van der Waals surface area contributed by atoms with Crippen LogP contribution in [0.15, 0.2) is 30.3 Å². The molecule has 0 N–H and O–H groups in total. The van der Waals surface area contributed by atoms with Crippen molar-refractivity contribution in [2.45, 2.75) is 13.3 Å². The fraction of sp³-hybridized carbons (Fsp3) is 0.214. The summed E-state index contributed by atoms with van der Waals surface area (Å²) in [5, 5.41) is 0.680. The zero-order valence-corrected chi connectivity index (χ0v) is 11.1. The molecule has 2 aromatic rings. The average Bonchev–Trinajstić information content (AvgIpc) is 2.87. The standard InChI is InChI=1S/C14H14O3S/c1-3-10-4-6-12(13(8-10)16-2)17-14-7-5-11(9-15)18-14/h4-9H,3H2,1-2H3. The molecule has 0 aliphatic carbocycles. The molecular formula is C14H14O3S. The van der Waals surface area contributed by atoms with E-state index in [2.05, 4.69) is 6.92 Å². The van der Waals surface area contributed by atoms with Gasteiger partial charge in [-0.3, -0.25) is 4.79 Å². The van der Waals surface area contributed by atoms with Crippen molar-refractivity contribution < 1.29 is 14.3 Å². The third-order valence-corrected chi connectivity index (χ3v) is 3.45. The second-order valence-corrected chi connectivity index (χ2v) is 4.79. The fourth-order valence-electron chi connectivity index (χ4n) is 1.58. The van der Waals surface area contributed by atoms with Gasteiger partial charge in [0.25, 0.3) is 0 Å². The van der Waals surface area contributed by atoms with Crippen LogP contribution in [0, 0.1) is 0 Å². The highest BCUT2D eigenvalue weighted by Crippen LogP contribution is 2.35. The number of hydrogen-bond acceptors (Lipinski definition) is 4. The number of rotatable bonds is 5. The second kappa shape index (κ2) is 5.69. The van der Waals surface area contributed by atoms with Crippen molar-refractivity contribution in [3.8, 4) is 16.6 Å². The summed E-state index contributed by atoms with van der Waals surface area (Å²) >= 11 is 1.31. The first kappa shape index (κ1) is 12.6. The van der Waals surface area contributed by atoms with E-state index in [1.807, 2.05) is 18.2 Å². The molecule has 1 aromatic heterocycles. The summed E-state index contributed by atoms with van der Waals surface area (Å²) in [6, 6.07) is 9.37. The highest BCUT2D eigenvalue weighted by atomic mass is 32.1. The summed E-state index contributed by atoms with van der Waals surface area (Å²) in [5.74, 6) is 1.37. The molecule has 1 heterocycles. The second-order valence-electron chi connectivity index (χ2n) is 3.72. The molecule has 2 rings (SSSR count). The lowest BCUT2D eigenvalue weighted by Gasteiger charge is -2.09. The number of aldehydes is 1. The highest BCUT2D eigenvalue weighted by Gasteiger charge is 2.08. The first-order chi connectivity index (χ1) is 8.76. The molecule has 0 atom stereocenters. The Balaban J connectivity index is 2.25. The molecule has 0 saturated carbocycles. The smallest absolute Gasteiger partial charge is 0.181 e. The molecule has 0 aliphatic rings. The quantitative estimate of drug-likeness (QED) is 0.766. The first-order valence-corrected chi connectivity index (χ1v) is 6.48. The van der Waals surface area contributed by atoms with Crippen LogP contribution in [0.4, 0.5) is 0 Å². The molecule has 0 spiro atoms. The highest BCUT2D eigenvalue weighted by molar-refractivity contribution is 7.15. The first-order valence-electron chi connectivity index (χ1n) is 5.66. The molecule has 0 radical (unpaired) electrons. The average molecular weight is 262 g/mol. The molecule has 18 heavy (non-hydrogen) atoms. The Labute approximate surface area is 110 Å². The SMILES string of the molecule is CCc1ccc(Oc2ccc(C=O)s2)c(OC)c1. The fourth-order valence-corrected chi connectivity index (χ4v) is 2.26. The summed E-state index contributed by atoms with van der Waals surface area (Å²) in [5.41, 5.74) is 1.19. The number of methoxy groups -OCH3 is 1. The Morgan fingerprint density at radius 1 is 1.22 bits per heavy atom. The minimum Gasteiger partial charge on any atom is -0.493 e. The monoisotopic (exact) mass is 262 g/mol. The maximum atomic E-state index is 10.6. The van der Waals surface area contributed by atoms with Gasteiger partial charge in [0.2, 0.25) is 0 Å². The maximum absolute atomic E-state index is 10.6. The van der Waals surface area contributed by atoms with Gasteiger partial charge in [0, 0.05) is 0 Å². The molecule has 0 bridgehead atoms. The molecular weight excluding hydrogens is 248 g/mol. The number of carbonyl (C=O) groups is 1. The van der Waals surface area contributed by atoms with E-state index in [0.29, 0.717) is 21.4 Å². The molecule has 0 unspecified atom stereocenters. The van der Waals surface area contributed by atoms with E-state index >= 15 is 0 Å². The number of aryl methyl sites for hydroxylation is 1. The number of benzene rings is 1. The van der Waals surface area contributed by atoms with E-state index < -0.39 is 0 Å². The van der Waals surface area contributed by atoms with E-state index in [1.165, 1.54) is 16.9 Å². The van der Waals surface area contributed by atoms with Crippen LogP contribution in [0.1, 0.15) is 22.2 Å². The Morgan fingerprint density at radius 3 is 2.67 bits per heavy atom. The minimum atomic E-state index is 0.647. The van der Waals surface area contributed by atoms with Crippen molar-refractivity contribution in [3.63, 3.8) is 0 Å². The lowest BCUT2D eigenvalue weighted by Crippen LogP contribution is -1.91. The molecule has 3 nitrogen and oxygen atoms in total. The van der Waals surface area contributed by atoms with E-state index in [0.717, 1.165) is 12.7 Å². The lowest BCUT2D eigenvalue weighted by atomic mass is 10.1. The van der Waals surface area contributed by atoms with Crippen molar-refractivity contribution in [2.24, 2.45) is 0 Å². The van der Waals surface area contributed by atoms with Crippen molar-refractivity contribution in [1.29, 1.82) is 0 Å². The Bertz CT molecular complexity index is 546. The molecule has 0 aliphatic heterocycles. The van der Waals surface area contributed by atoms with Gasteiger partial charge in [-0.05, 0) is 36.2 Å². The molecule has 4 heteroatoms. The molecule has 0 saturated heterocycles. The van der Waals surface area contributed by atoms with Crippen molar-refractivity contribution in [2.75, 3.05) is 7.11 Å². The van der Waals surface area contributed by atoms with Gasteiger partial charge in [0.05, 0.1) is 12.0 Å². The maximum Gasteiger partial charge on any atom is 0.181 e. The number of ether oxygens (including phenoxy) is 2. The largest absolute Gasteiger partial charge is 0.493 e. The topological polar surface area (TPSA) is 35.5 Å². The van der Waals surface area contributed by atoms with Gasteiger partial charge in [-0.25, -0.2) is 0 Å². The van der Waals surface area contributed by atoms with Gasteiger partial charge in [0.15, 0.2) is 22.8 Å². The van der Waals surface area contributed by atoms with Crippen molar-refractivity contribution in [1.82, 2.24) is 0 Å². The van der Waals surface area contributed by atoms with Crippen LogP contribution in [0.5, 0.6) is 16.6 Å². The summed E-state index contributed by atoms with van der Waals surface area (Å²) in [6.07, 6.45) is 1.76. The Morgan fingerprint density at radius 2 is 2.06 bits per heavy atom. The lowest BCUT2D eigenvalue weighted by molar-refractivity contribution is 0.112. The van der Waals surface area contributed by atoms with Crippen LogP contribution in [0.3, 0.4) is 0 Å². The van der Waals surface area contributed by atoms with E-state index in [9.17, 15) is 4.79 Å². The van der Waals surface area contributed by atoms with Gasteiger partial charge >= 0.3 is 0 Å². The van der Waals surface area contributed by atoms with Crippen LogP contribution >= 0.6 is 11.3 Å². The van der Waals surface area contributed by atoms with E-state index in [4.69, 9.17) is 9.47 Å². The van der Waals surface area contributed by atoms with Crippen LogP contribution in [-0.4, -0.2) is 13.4 Å².